The maximum Gasteiger partial charge on any atom is 0.254 e. The topological polar surface area (TPSA) is 69.9 Å². The Balaban J connectivity index is 2.10. The van der Waals surface area contributed by atoms with Crippen molar-refractivity contribution in [3.05, 3.63) is 27.7 Å². The van der Waals surface area contributed by atoms with Crippen LogP contribution in [0.3, 0.4) is 0 Å². The van der Waals surface area contributed by atoms with Gasteiger partial charge in [0.25, 0.3) is 5.24 Å². The van der Waals surface area contributed by atoms with Gasteiger partial charge in [0, 0.05) is 0 Å². The Labute approximate surface area is 139 Å². The van der Waals surface area contributed by atoms with Crippen LogP contribution in [-0.4, -0.2) is 38.3 Å². The van der Waals surface area contributed by atoms with Gasteiger partial charge >= 0.3 is 0 Å². The van der Waals surface area contributed by atoms with Crippen molar-refractivity contribution in [3.63, 3.8) is 0 Å². The van der Waals surface area contributed by atoms with Crippen molar-refractivity contribution in [2.75, 3.05) is 12.9 Å². The van der Waals surface area contributed by atoms with Gasteiger partial charge in [0.1, 0.15) is 6.61 Å². The molecule has 6 nitrogen and oxygen atoms in total. The van der Waals surface area contributed by atoms with Crippen LogP contribution in [0.5, 0.6) is 5.75 Å². The van der Waals surface area contributed by atoms with Gasteiger partial charge in [-0.1, -0.05) is 35.0 Å². The molecule has 1 aromatic carbocycles. The van der Waals surface area contributed by atoms with E-state index in [-0.39, 0.29) is 22.9 Å². The highest BCUT2D eigenvalue weighted by Gasteiger charge is 2.16. The van der Waals surface area contributed by atoms with E-state index in [1.54, 1.807) is 4.68 Å². The molecule has 1 aromatic heterocycles. The van der Waals surface area contributed by atoms with Crippen molar-refractivity contribution in [2.24, 2.45) is 0 Å². The van der Waals surface area contributed by atoms with Gasteiger partial charge < -0.3 is 4.74 Å². The van der Waals surface area contributed by atoms with Crippen LogP contribution in [0.2, 0.25) is 10.0 Å². The van der Waals surface area contributed by atoms with Crippen LogP contribution in [0.15, 0.2) is 17.3 Å². The van der Waals surface area contributed by atoms with Crippen LogP contribution in [-0.2, 0) is 6.54 Å². The zero-order chi connectivity index (χ0) is 15.4. The number of thioether (sulfide) groups is 1. The second-order valence-electron chi connectivity index (χ2n) is 3.75. The summed E-state index contributed by atoms with van der Waals surface area (Å²) < 4.78 is 7.12. The van der Waals surface area contributed by atoms with E-state index in [0.29, 0.717) is 16.7 Å². The Bertz CT molecular complexity index is 665. The van der Waals surface area contributed by atoms with Crippen LogP contribution >= 0.6 is 46.6 Å². The lowest BCUT2D eigenvalue weighted by molar-refractivity contribution is 0.108. The molecule has 1 heterocycles. The fourth-order valence-corrected chi connectivity index (χ4v) is 2.76. The number of tetrazole rings is 1. The molecular weight excluding hydrogens is 359 g/mol. The average molecular weight is 368 g/mol. The number of benzene rings is 1. The van der Waals surface area contributed by atoms with E-state index >= 15 is 0 Å². The molecule has 0 amide bonds. The predicted octanol–water partition coefficient (Wildman–Crippen LogP) is 3.16. The van der Waals surface area contributed by atoms with Gasteiger partial charge in [-0.3, -0.25) is 4.79 Å². The Morgan fingerprint density at radius 3 is 2.86 bits per heavy atom. The van der Waals surface area contributed by atoms with E-state index in [9.17, 15) is 4.79 Å². The molecule has 0 aliphatic heterocycles. The maximum atomic E-state index is 11.2. The van der Waals surface area contributed by atoms with Crippen LogP contribution in [0.25, 0.3) is 0 Å². The molecule has 0 atom stereocenters. The van der Waals surface area contributed by atoms with E-state index in [1.807, 2.05) is 6.26 Å². The van der Waals surface area contributed by atoms with Crippen LogP contribution < -0.4 is 4.74 Å². The maximum absolute atomic E-state index is 11.2. The van der Waals surface area contributed by atoms with E-state index in [2.05, 4.69) is 15.5 Å². The third-order valence-corrected chi connectivity index (χ3v) is 4.03. The minimum absolute atomic E-state index is 0.0873. The van der Waals surface area contributed by atoms with E-state index in [4.69, 9.17) is 39.5 Å². The van der Waals surface area contributed by atoms with Gasteiger partial charge in [-0.2, -0.15) is 0 Å². The predicted molar refractivity (Wildman–Crippen MR) is 81.7 cm³/mol. The van der Waals surface area contributed by atoms with Crippen molar-refractivity contribution in [1.29, 1.82) is 0 Å². The monoisotopic (exact) mass is 366 g/mol. The van der Waals surface area contributed by atoms with Crippen LogP contribution in [0.4, 0.5) is 0 Å². The summed E-state index contributed by atoms with van der Waals surface area (Å²) in [4.78, 5) is 11.2. The molecule has 0 N–H and O–H groups in total. The van der Waals surface area contributed by atoms with E-state index in [1.165, 1.54) is 23.9 Å². The lowest BCUT2D eigenvalue weighted by Crippen LogP contribution is -2.11. The molecule has 2 rings (SSSR count). The van der Waals surface area contributed by atoms with E-state index < -0.39 is 5.24 Å². The van der Waals surface area contributed by atoms with Crippen molar-refractivity contribution >= 4 is 51.8 Å². The van der Waals surface area contributed by atoms with Gasteiger partial charge in [-0.05, 0) is 40.4 Å². The van der Waals surface area contributed by atoms with Crippen molar-refractivity contribution in [2.45, 2.75) is 11.7 Å². The van der Waals surface area contributed by atoms with Gasteiger partial charge in [0.15, 0.2) is 5.75 Å². The highest BCUT2D eigenvalue weighted by molar-refractivity contribution is 7.98. The molecule has 0 fully saturated rings. The van der Waals surface area contributed by atoms with Crippen LogP contribution in [0, 0.1) is 0 Å². The highest BCUT2D eigenvalue weighted by Crippen LogP contribution is 2.36. The molecular formula is C11H9Cl3N4O2S. The number of nitrogens with zero attached hydrogens (tertiary/aromatic N) is 4. The summed E-state index contributed by atoms with van der Waals surface area (Å²) in [5, 5.41) is 11.6. The number of aromatic nitrogens is 4. The smallest absolute Gasteiger partial charge is 0.254 e. The lowest BCUT2D eigenvalue weighted by atomic mass is 10.2. The third kappa shape index (κ3) is 3.79. The van der Waals surface area contributed by atoms with Crippen LogP contribution in [0.1, 0.15) is 10.4 Å². The second-order valence-corrected chi connectivity index (χ2v) is 5.65. The molecule has 0 aliphatic carbocycles. The van der Waals surface area contributed by atoms with Gasteiger partial charge in [0.2, 0.25) is 5.16 Å². The molecule has 0 saturated carbocycles. The first-order chi connectivity index (χ1) is 10.0. The first kappa shape index (κ1) is 16.4. The minimum Gasteiger partial charge on any atom is -0.488 e. The molecule has 0 spiro atoms. The van der Waals surface area contributed by atoms with Gasteiger partial charge in [-0.25, -0.2) is 4.68 Å². The number of hydrogen-bond acceptors (Lipinski definition) is 6. The van der Waals surface area contributed by atoms with E-state index in [0.717, 1.165) is 0 Å². The normalized spacial score (nSPS) is 10.7. The molecule has 0 unspecified atom stereocenters. The second kappa shape index (κ2) is 7.31. The lowest BCUT2D eigenvalue weighted by Gasteiger charge is -2.11. The molecule has 0 bridgehead atoms. The zero-order valence-corrected chi connectivity index (χ0v) is 13.8. The molecule has 10 heteroatoms. The van der Waals surface area contributed by atoms with Gasteiger partial charge in [0.05, 0.1) is 22.2 Å². The zero-order valence-electron chi connectivity index (χ0n) is 10.7. The Morgan fingerprint density at radius 2 is 2.19 bits per heavy atom. The summed E-state index contributed by atoms with van der Waals surface area (Å²) in [5.74, 6) is 0.212. The Kier molecular flexibility index (Phi) is 5.69. The SMILES string of the molecule is CSc1nnnn1CCOc1c(Cl)ccc(C(=O)Cl)c1Cl. The highest BCUT2D eigenvalue weighted by atomic mass is 35.5. The summed E-state index contributed by atoms with van der Waals surface area (Å²) in [6.07, 6.45) is 1.87. The van der Waals surface area contributed by atoms with Crippen molar-refractivity contribution < 1.29 is 9.53 Å². The number of halogens is 3. The number of hydrogen-bond donors (Lipinski definition) is 0. The van der Waals surface area contributed by atoms with Crippen molar-refractivity contribution in [3.8, 4) is 5.75 Å². The number of carbonyl (C=O) groups is 1. The summed E-state index contributed by atoms with van der Waals surface area (Å²) in [5.41, 5.74) is 0.143. The standard InChI is InChI=1S/C11H9Cl3N4O2S/c1-21-11-15-16-17-18(11)4-5-20-9-7(12)3-2-6(8(9)13)10(14)19/h2-3H,4-5H2,1H3. The third-order valence-electron chi connectivity index (χ3n) is 2.49. The first-order valence-electron chi connectivity index (χ1n) is 5.65. The first-order valence-corrected chi connectivity index (χ1v) is 8.01. The Hall–Kier alpha value is -1.02. The quantitative estimate of drug-likeness (QED) is 0.577. The Morgan fingerprint density at radius 1 is 1.43 bits per heavy atom. The molecule has 2 aromatic rings. The fourth-order valence-electron chi connectivity index (χ4n) is 1.53. The summed E-state index contributed by atoms with van der Waals surface area (Å²) in [6, 6.07) is 2.95. The molecule has 0 saturated heterocycles. The van der Waals surface area contributed by atoms with Crippen molar-refractivity contribution in [1.82, 2.24) is 20.2 Å². The largest absolute Gasteiger partial charge is 0.488 e. The summed E-state index contributed by atoms with van der Waals surface area (Å²) in [7, 11) is 0. The molecule has 112 valence electrons. The van der Waals surface area contributed by atoms with Gasteiger partial charge in [-0.15, -0.1) is 5.10 Å². The molecule has 0 aliphatic rings. The number of rotatable bonds is 6. The fraction of sp³-hybridized carbons (Fsp3) is 0.273. The summed E-state index contributed by atoms with van der Waals surface area (Å²) >= 11 is 18.9. The minimum atomic E-state index is -0.674. The number of carbonyl (C=O) groups excluding carboxylic acids is 1. The average Bonchev–Trinajstić information content (AvgIpc) is 2.89. The summed E-state index contributed by atoms with van der Waals surface area (Å²) in [6.45, 7) is 0.646. The molecule has 21 heavy (non-hydrogen) atoms. The number of ether oxygens (including phenoxy) is 1. The molecule has 0 radical (unpaired) electrons.